The lowest BCUT2D eigenvalue weighted by molar-refractivity contribution is 0.0947. The van der Waals surface area contributed by atoms with Gasteiger partial charge in [0.2, 0.25) is 0 Å². The van der Waals surface area contributed by atoms with Crippen LogP contribution in [0.5, 0.6) is 0 Å². The van der Waals surface area contributed by atoms with Crippen LogP contribution < -0.4 is 10.6 Å². The standard InChI is InChI=1S/C21H19FN6OS/c1-10-11(2)27-28-21-16(10)17-18(30-21)19(25-9-24-17)23-8-12-3-6-15(22)14(7-12)20(29)26-13-4-5-13/h3,6-7,9,13H,4-5,8H2,1-2H3,(H,26,29)(H,23,24,25). The van der Waals surface area contributed by atoms with Crippen molar-refractivity contribution >= 4 is 43.5 Å². The number of thiophene rings is 1. The van der Waals surface area contributed by atoms with Crippen molar-refractivity contribution in [3.05, 3.63) is 52.7 Å². The molecule has 0 bridgehead atoms. The van der Waals surface area contributed by atoms with Crippen LogP contribution in [0.4, 0.5) is 10.2 Å². The van der Waals surface area contributed by atoms with E-state index in [-0.39, 0.29) is 17.5 Å². The number of nitrogens with zero attached hydrogens (tertiary/aromatic N) is 4. The number of hydrogen-bond donors (Lipinski definition) is 2. The van der Waals surface area contributed by atoms with E-state index in [0.717, 1.165) is 50.1 Å². The number of anilines is 1. The number of fused-ring (bicyclic) bond motifs is 3. The molecule has 30 heavy (non-hydrogen) atoms. The van der Waals surface area contributed by atoms with Crippen molar-refractivity contribution in [3.63, 3.8) is 0 Å². The molecule has 1 amide bonds. The van der Waals surface area contributed by atoms with Crippen LogP contribution in [0.3, 0.4) is 0 Å². The maximum atomic E-state index is 14.1. The van der Waals surface area contributed by atoms with Crippen LogP contribution in [0.15, 0.2) is 24.5 Å². The molecule has 3 aromatic heterocycles. The van der Waals surface area contributed by atoms with Gasteiger partial charge in [0.15, 0.2) is 0 Å². The molecule has 0 atom stereocenters. The Morgan fingerprint density at radius 2 is 2.07 bits per heavy atom. The molecule has 0 aliphatic heterocycles. The van der Waals surface area contributed by atoms with Crippen LogP contribution in [0.25, 0.3) is 20.4 Å². The van der Waals surface area contributed by atoms with E-state index in [2.05, 4.69) is 30.8 Å². The molecule has 1 fully saturated rings. The zero-order valence-electron chi connectivity index (χ0n) is 16.5. The molecule has 5 rings (SSSR count). The minimum Gasteiger partial charge on any atom is -0.365 e. The Kier molecular flexibility index (Phi) is 4.54. The molecular weight excluding hydrogens is 403 g/mol. The lowest BCUT2D eigenvalue weighted by atomic mass is 10.1. The number of carbonyl (C=O) groups is 1. The fraction of sp³-hybridized carbons (Fsp3) is 0.286. The van der Waals surface area contributed by atoms with Gasteiger partial charge in [0.1, 0.15) is 22.8 Å². The average molecular weight is 422 g/mol. The summed E-state index contributed by atoms with van der Waals surface area (Å²) in [5.41, 5.74) is 3.63. The molecule has 152 valence electrons. The molecule has 4 aromatic rings. The monoisotopic (exact) mass is 422 g/mol. The molecule has 1 aliphatic carbocycles. The molecule has 0 radical (unpaired) electrons. The molecule has 0 spiro atoms. The average Bonchev–Trinajstić information content (AvgIpc) is 3.46. The van der Waals surface area contributed by atoms with Gasteiger partial charge in [-0.05, 0) is 49.9 Å². The van der Waals surface area contributed by atoms with Crippen molar-refractivity contribution in [1.82, 2.24) is 25.5 Å². The smallest absolute Gasteiger partial charge is 0.254 e. The highest BCUT2D eigenvalue weighted by molar-refractivity contribution is 7.25. The van der Waals surface area contributed by atoms with Crippen molar-refractivity contribution in [2.75, 3.05) is 5.32 Å². The molecule has 7 nitrogen and oxygen atoms in total. The van der Waals surface area contributed by atoms with E-state index in [9.17, 15) is 9.18 Å². The van der Waals surface area contributed by atoms with Crippen molar-refractivity contribution < 1.29 is 9.18 Å². The second-order valence-electron chi connectivity index (χ2n) is 7.51. The maximum Gasteiger partial charge on any atom is 0.254 e. The quantitative estimate of drug-likeness (QED) is 0.507. The number of hydrogen-bond acceptors (Lipinski definition) is 7. The summed E-state index contributed by atoms with van der Waals surface area (Å²) in [5.74, 6) is -0.209. The fourth-order valence-corrected chi connectivity index (χ4v) is 4.44. The molecule has 1 aromatic carbocycles. The van der Waals surface area contributed by atoms with Crippen molar-refractivity contribution in [2.24, 2.45) is 0 Å². The van der Waals surface area contributed by atoms with E-state index in [4.69, 9.17) is 0 Å². The Hall–Kier alpha value is -3.20. The topological polar surface area (TPSA) is 92.7 Å². The van der Waals surface area contributed by atoms with Gasteiger partial charge in [0.25, 0.3) is 5.91 Å². The summed E-state index contributed by atoms with van der Waals surface area (Å²) in [6.45, 7) is 4.34. The van der Waals surface area contributed by atoms with Crippen molar-refractivity contribution in [3.8, 4) is 0 Å². The summed E-state index contributed by atoms with van der Waals surface area (Å²) in [4.78, 5) is 21.9. The van der Waals surface area contributed by atoms with E-state index >= 15 is 0 Å². The highest BCUT2D eigenvalue weighted by atomic mass is 32.1. The largest absolute Gasteiger partial charge is 0.365 e. The van der Waals surface area contributed by atoms with Gasteiger partial charge in [-0.25, -0.2) is 14.4 Å². The Balaban J connectivity index is 1.44. The summed E-state index contributed by atoms with van der Waals surface area (Å²) >= 11 is 1.49. The third-order valence-corrected chi connectivity index (χ3v) is 6.38. The van der Waals surface area contributed by atoms with E-state index < -0.39 is 5.82 Å². The summed E-state index contributed by atoms with van der Waals surface area (Å²) < 4.78 is 15.0. The predicted octanol–water partition coefficient (Wildman–Crippen LogP) is 3.89. The zero-order valence-corrected chi connectivity index (χ0v) is 17.3. The van der Waals surface area contributed by atoms with Crippen molar-refractivity contribution in [2.45, 2.75) is 39.3 Å². The van der Waals surface area contributed by atoms with Crippen molar-refractivity contribution in [1.29, 1.82) is 0 Å². The van der Waals surface area contributed by atoms with Gasteiger partial charge in [0, 0.05) is 18.0 Å². The molecule has 1 aliphatic rings. The molecule has 3 heterocycles. The third-order valence-electron chi connectivity index (χ3n) is 5.31. The van der Waals surface area contributed by atoms with E-state index in [1.165, 1.54) is 23.7 Å². The van der Waals surface area contributed by atoms with Gasteiger partial charge in [-0.3, -0.25) is 4.79 Å². The molecule has 1 saturated carbocycles. The third kappa shape index (κ3) is 3.35. The SMILES string of the molecule is Cc1nnc2sc3c(NCc4ccc(F)c(C(=O)NC5CC5)c4)ncnc3c2c1C. The summed E-state index contributed by atoms with van der Waals surface area (Å²) in [7, 11) is 0. The van der Waals surface area contributed by atoms with E-state index in [0.29, 0.717) is 12.4 Å². The number of benzene rings is 1. The lowest BCUT2D eigenvalue weighted by Gasteiger charge is -2.09. The maximum absolute atomic E-state index is 14.1. The number of rotatable bonds is 5. The van der Waals surface area contributed by atoms with Gasteiger partial charge in [0.05, 0.1) is 21.5 Å². The minimum absolute atomic E-state index is 0.0669. The van der Waals surface area contributed by atoms with Gasteiger partial charge in [-0.2, -0.15) is 5.10 Å². The van der Waals surface area contributed by atoms with E-state index in [1.54, 1.807) is 12.1 Å². The van der Waals surface area contributed by atoms with Gasteiger partial charge >= 0.3 is 0 Å². The van der Waals surface area contributed by atoms with Crippen LogP contribution in [0, 0.1) is 19.7 Å². The molecular formula is C21H19FN6OS. The Labute approximate surface area is 175 Å². The van der Waals surface area contributed by atoms with Crippen LogP contribution in [-0.4, -0.2) is 32.1 Å². The fourth-order valence-electron chi connectivity index (χ4n) is 3.34. The first-order valence-electron chi connectivity index (χ1n) is 9.71. The van der Waals surface area contributed by atoms with Crippen LogP contribution in [0.2, 0.25) is 0 Å². The van der Waals surface area contributed by atoms with Crippen LogP contribution in [0.1, 0.15) is 40.0 Å². The molecule has 2 N–H and O–H groups in total. The van der Waals surface area contributed by atoms with Gasteiger partial charge in [-0.1, -0.05) is 6.07 Å². The first kappa shape index (κ1) is 18.8. The lowest BCUT2D eigenvalue weighted by Crippen LogP contribution is -2.26. The number of amides is 1. The number of halogens is 1. The van der Waals surface area contributed by atoms with Gasteiger partial charge in [-0.15, -0.1) is 16.4 Å². The highest BCUT2D eigenvalue weighted by Crippen LogP contribution is 2.36. The highest BCUT2D eigenvalue weighted by Gasteiger charge is 2.25. The van der Waals surface area contributed by atoms with Crippen LogP contribution >= 0.6 is 11.3 Å². The molecule has 9 heteroatoms. The Morgan fingerprint density at radius 1 is 1.23 bits per heavy atom. The number of nitrogens with one attached hydrogen (secondary N) is 2. The van der Waals surface area contributed by atoms with Gasteiger partial charge < -0.3 is 10.6 Å². The summed E-state index contributed by atoms with van der Waals surface area (Å²) in [5, 5.41) is 15.6. The summed E-state index contributed by atoms with van der Waals surface area (Å²) in [6, 6.07) is 4.76. The second kappa shape index (κ2) is 7.24. The number of aromatic nitrogens is 4. The Morgan fingerprint density at radius 3 is 2.87 bits per heavy atom. The Bertz CT molecular complexity index is 1300. The molecule has 0 unspecified atom stereocenters. The number of carbonyl (C=O) groups excluding carboxylic acids is 1. The molecule has 0 saturated heterocycles. The second-order valence-corrected chi connectivity index (χ2v) is 8.51. The minimum atomic E-state index is -0.518. The number of aryl methyl sites for hydroxylation is 2. The predicted molar refractivity (Wildman–Crippen MR) is 114 cm³/mol. The normalized spacial score (nSPS) is 13.7. The first-order valence-corrected chi connectivity index (χ1v) is 10.5. The summed E-state index contributed by atoms with van der Waals surface area (Å²) in [6.07, 6.45) is 3.43. The van der Waals surface area contributed by atoms with E-state index in [1.807, 2.05) is 13.8 Å². The zero-order chi connectivity index (χ0) is 20.8. The van der Waals surface area contributed by atoms with Crippen LogP contribution in [-0.2, 0) is 6.54 Å². The first-order chi connectivity index (χ1) is 14.5.